The number of nitrogens with one attached hydrogen (secondary N) is 1. The Hall–Kier alpha value is -0.210. The molecule has 1 nitrogen and oxygen atoms in total. The first-order valence-corrected chi connectivity index (χ1v) is 5.23. The molecule has 64 valence electrons. The number of anilines is 1. The van der Waals surface area contributed by atoms with Gasteiger partial charge in [-0.15, -0.1) is 11.6 Å². The van der Waals surface area contributed by atoms with Crippen LogP contribution in [0, 0.1) is 0 Å². The molecule has 0 bridgehead atoms. The second kappa shape index (κ2) is 3.27. The van der Waals surface area contributed by atoms with Crippen molar-refractivity contribution in [3.05, 3.63) is 28.2 Å². The lowest BCUT2D eigenvalue weighted by Gasteiger charge is -2.03. The van der Waals surface area contributed by atoms with Gasteiger partial charge in [-0.25, -0.2) is 0 Å². The van der Waals surface area contributed by atoms with Crippen LogP contribution in [-0.4, -0.2) is 12.4 Å². The van der Waals surface area contributed by atoms with E-state index in [4.69, 9.17) is 11.6 Å². The van der Waals surface area contributed by atoms with E-state index in [1.54, 1.807) is 0 Å². The summed E-state index contributed by atoms with van der Waals surface area (Å²) in [4.78, 5) is 0. The molecule has 0 fully saturated rings. The van der Waals surface area contributed by atoms with E-state index in [0.717, 1.165) is 11.0 Å². The molecule has 2 rings (SSSR count). The van der Waals surface area contributed by atoms with Gasteiger partial charge in [0.1, 0.15) is 0 Å². The van der Waals surface area contributed by atoms with Crippen LogP contribution in [0.5, 0.6) is 0 Å². The van der Waals surface area contributed by atoms with E-state index in [-0.39, 0.29) is 0 Å². The fourth-order valence-electron chi connectivity index (χ4n) is 1.52. The Morgan fingerprint density at radius 3 is 3.17 bits per heavy atom. The van der Waals surface area contributed by atoms with Crippen molar-refractivity contribution < 1.29 is 0 Å². The summed E-state index contributed by atoms with van der Waals surface area (Å²) in [6, 6.07) is 6.29. The second-order valence-corrected chi connectivity index (χ2v) is 4.19. The number of hydrogen-bond acceptors (Lipinski definition) is 1. The molecule has 0 aromatic heterocycles. The van der Waals surface area contributed by atoms with Crippen LogP contribution in [0.4, 0.5) is 5.69 Å². The van der Waals surface area contributed by atoms with Crippen LogP contribution in [0.25, 0.3) is 0 Å². The average molecular weight is 247 g/mol. The number of fused-ring (bicyclic) bond motifs is 1. The summed E-state index contributed by atoms with van der Waals surface area (Å²) < 4.78 is 1.11. The molecule has 1 N–H and O–H groups in total. The van der Waals surface area contributed by atoms with E-state index in [0.29, 0.717) is 11.8 Å². The standard InChI is InChI=1S/C9H9BrClN/c10-7-1-2-8-6(4-11)5-12-9(8)3-7/h1-3,6,12H,4-5H2. The van der Waals surface area contributed by atoms with Crippen molar-refractivity contribution in [3.63, 3.8) is 0 Å². The van der Waals surface area contributed by atoms with Crippen molar-refractivity contribution in [2.75, 3.05) is 17.7 Å². The summed E-state index contributed by atoms with van der Waals surface area (Å²) in [7, 11) is 0. The lowest BCUT2D eigenvalue weighted by atomic mass is 10.0. The molecule has 1 atom stereocenters. The fourth-order valence-corrected chi connectivity index (χ4v) is 2.15. The van der Waals surface area contributed by atoms with Gasteiger partial charge in [-0.05, 0) is 17.7 Å². The summed E-state index contributed by atoms with van der Waals surface area (Å²) in [5.74, 6) is 1.18. The van der Waals surface area contributed by atoms with Crippen LogP contribution in [0.3, 0.4) is 0 Å². The minimum Gasteiger partial charge on any atom is -0.384 e. The summed E-state index contributed by atoms with van der Waals surface area (Å²) in [6.07, 6.45) is 0. The van der Waals surface area contributed by atoms with Gasteiger partial charge in [0.05, 0.1) is 0 Å². The summed E-state index contributed by atoms with van der Waals surface area (Å²) in [5, 5.41) is 3.33. The van der Waals surface area contributed by atoms with Gasteiger partial charge >= 0.3 is 0 Å². The van der Waals surface area contributed by atoms with E-state index in [9.17, 15) is 0 Å². The molecule has 1 unspecified atom stereocenters. The normalized spacial score (nSPS) is 20.3. The molecule has 1 aliphatic heterocycles. The van der Waals surface area contributed by atoms with Crippen LogP contribution >= 0.6 is 27.5 Å². The Morgan fingerprint density at radius 2 is 2.42 bits per heavy atom. The number of rotatable bonds is 1. The molecular weight excluding hydrogens is 237 g/mol. The van der Waals surface area contributed by atoms with Gasteiger partial charge in [-0.1, -0.05) is 22.0 Å². The molecule has 0 spiro atoms. The highest BCUT2D eigenvalue weighted by atomic mass is 79.9. The maximum atomic E-state index is 5.82. The van der Waals surface area contributed by atoms with Crippen LogP contribution < -0.4 is 5.32 Å². The van der Waals surface area contributed by atoms with Crippen LogP contribution in [0.15, 0.2) is 22.7 Å². The molecule has 12 heavy (non-hydrogen) atoms. The number of hydrogen-bond donors (Lipinski definition) is 1. The van der Waals surface area contributed by atoms with Crippen molar-refractivity contribution in [2.45, 2.75) is 5.92 Å². The number of halogens is 2. The minimum absolute atomic E-state index is 0.481. The molecule has 0 radical (unpaired) electrons. The second-order valence-electron chi connectivity index (χ2n) is 2.96. The van der Waals surface area contributed by atoms with Gasteiger partial charge in [0.25, 0.3) is 0 Å². The molecule has 0 saturated heterocycles. The van der Waals surface area contributed by atoms with E-state index in [1.165, 1.54) is 11.3 Å². The van der Waals surface area contributed by atoms with Gasteiger partial charge < -0.3 is 5.32 Å². The maximum Gasteiger partial charge on any atom is 0.0388 e. The smallest absolute Gasteiger partial charge is 0.0388 e. The molecule has 1 aliphatic rings. The van der Waals surface area contributed by atoms with Crippen molar-refractivity contribution >= 4 is 33.2 Å². The van der Waals surface area contributed by atoms with E-state index >= 15 is 0 Å². The third kappa shape index (κ3) is 1.34. The highest BCUT2D eigenvalue weighted by Gasteiger charge is 2.20. The summed E-state index contributed by atoms with van der Waals surface area (Å²) in [5.41, 5.74) is 2.56. The first-order valence-electron chi connectivity index (χ1n) is 3.90. The molecule has 1 aromatic rings. The number of alkyl halides is 1. The lowest BCUT2D eigenvalue weighted by Crippen LogP contribution is -2.02. The zero-order chi connectivity index (χ0) is 8.55. The lowest BCUT2D eigenvalue weighted by molar-refractivity contribution is 0.862. The Labute approximate surface area is 85.2 Å². The monoisotopic (exact) mass is 245 g/mol. The molecule has 0 amide bonds. The van der Waals surface area contributed by atoms with Gasteiger partial charge in [0, 0.05) is 28.5 Å². The van der Waals surface area contributed by atoms with Gasteiger partial charge in [0.2, 0.25) is 0 Å². The fraction of sp³-hybridized carbons (Fsp3) is 0.333. The summed E-state index contributed by atoms with van der Waals surface area (Å²) in [6.45, 7) is 0.968. The third-order valence-corrected chi connectivity index (χ3v) is 3.05. The first-order chi connectivity index (χ1) is 5.81. The predicted molar refractivity (Wildman–Crippen MR) is 56.1 cm³/mol. The average Bonchev–Trinajstić information content (AvgIpc) is 2.46. The highest BCUT2D eigenvalue weighted by Crippen LogP contribution is 2.33. The third-order valence-electron chi connectivity index (χ3n) is 2.18. The van der Waals surface area contributed by atoms with Gasteiger partial charge in [-0.3, -0.25) is 0 Å². The largest absolute Gasteiger partial charge is 0.384 e. The Morgan fingerprint density at radius 1 is 1.58 bits per heavy atom. The SMILES string of the molecule is ClCC1CNc2cc(Br)ccc21. The molecule has 0 aliphatic carbocycles. The number of benzene rings is 1. The van der Waals surface area contributed by atoms with Gasteiger partial charge in [0.15, 0.2) is 0 Å². The first kappa shape index (κ1) is 8.39. The topological polar surface area (TPSA) is 12.0 Å². The Kier molecular flexibility index (Phi) is 2.28. The van der Waals surface area contributed by atoms with Crippen molar-refractivity contribution in [1.29, 1.82) is 0 Å². The molecule has 1 heterocycles. The van der Waals surface area contributed by atoms with Crippen molar-refractivity contribution in [1.82, 2.24) is 0 Å². The quantitative estimate of drug-likeness (QED) is 0.751. The van der Waals surface area contributed by atoms with E-state index in [1.807, 2.05) is 0 Å². The minimum atomic E-state index is 0.481. The van der Waals surface area contributed by atoms with E-state index < -0.39 is 0 Å². The maximum absolute atomic E-state index is 5.82. The zero-order valence-electron chi connectivity index (χ0n) is 6.48. The van der Waals surface area contributed by atoms with E-state index in [2.05, 4.69) is 39.4 Å². The Bertz CT molecular complexity index is 301. The molecular formula is C9H9BrClN. The van der Waals surface area contributed by atoms with Crippen LogP contribution in [-0.2, 0) is 0 Å². The zero-order valence-corrected chi connectivity index (χ0v) is 8.82. The predicted octanol–water partition coefficient (Wildman–Crippen LogP) is 3.20. The van der Waals surface area contributed by atoms with Crippen LogP contribution in [0.1, 0.15) is 11.5 Å². The molecule has 0 saturated carbocycles. The molecule has 3 heteroatoms. The molecule has 1 aromatic carbocycles. The van der Waals surface area contributed by atoms with Gasteiger partial charge in [-0.2, -0.15) is 0 Å². The Balaban J connectivity index is 2.40. The highest BCUT2D eigenvalue weighted by molar-refractivity contribution is 9.10. The van der Waals surface area contributed by atoms with Crippen molar-refractivity contribution in [2.24, 2.45) is 0 Å². The summed E-state index contributed by atoms with van der Waals surface area (Å²) >= 11 is 9.26. The van der Waals surface area contributed by atoms with Crippen LogP contribution in [0.2, 0.25) is 0 Å². The van der Waals surface area contributed by atoms with Crippen molar-refractivity contribution in [3.8, 4) is 0 Å².